The fraction of sp³-hybridized carbons (Fsp3) is 0.462. The molecule has 0 radical (unpaired) electrons. The maximum Gasteiger partial charge on any atom is 0.415 e. The first-order valence-electron chi connectivity index (χ1n) is 5.80. The first kappa shape index (κ1) is 13.5. The van der Waals surface area contributed by atoms with Crippen LogP contribution in [0.25, 0.3) is 0 Å². The molecule has 0 heterocycles. The van der Waals surface area contributed by atoms with Crippen LogP contribution in [0.15, 0.2) is 30.3 Å². The summed E-state index contributed by atoms with van der Waals surface area (Å²) in [7, 11) is 3.97. The number of carbonyl (C=O) groups excluding carboxylic acids is 1. The van der Waals surface area contributed by atoms with Crippen LogP contribution in [0.4, 0.5) is 4.79 Å². The summed E-state index contributed by atoms with van der Waals surface area (Å²) in [4.78, 5) is 15.6. The van der Waals surface area contributed by atoms with Gasteiger partial charge in [-0.3, -0.25) is 0 Å². The van der Waals surface area contributed by atoms with E-state index >= 15 is 0 Å². The third kappa shape index (κ3) is 4.87. The standard InChI is InChI=1S/C13H20N2O2/c1-4-15(11-10-14(2)3)13(16)17-12-8-6-5-7-9-12/h5-9H,4,10-11H2,1-3H3. The molecule has 94 valence electrons. The number of hydrogen-bond donors (Lipinski definition) is 0. The Kier molecular flexibility index (Phi) is 5.49. The monoisotopic (exact) mass is 236 g/mol. The molecule has 1 amide bonds. The van der Waals surface area contributed by atoms with E-state index in [0.717, 1.165) is 6.54 Å². The van der Waals surface area contributed by atoms with Crippen molar-refractivity contribution in [3.63, 3.8) is 0 Å². The van der Waals surface area contributed by atoms with Gasteiger partial charge < -0.3 is 14.5 Å². The van der Waals surface area contributed by atoms with Crippen LogP contribution in [0.1, 0.15) is 6.92 Å². The second kappa shape index (κ2) is 6.91. The molecule has 0 N–H and O–H groups in total. The highest BCUT2D eigenvalue weighted by Gasteiger charge is 2.13. The van der Waals surface area contributed by atoms with Gasteiger partial charge in [0.2, 0.25) is 0 Å². The molecule has 0 spiro atoms. The van der Waals surface area contributed by atoms with E-state index in [2.05, 4.69) is 0 Å². The Morgan fingerprint density at radius 3 is 2.35 bits per heavy atom. The van der Waals surface area contributed by atoms with Crippen LogP contribution >= 0.6 is 0 Å². The Balaban J connectivity index is 2.49. The second-order valence-corrected chi connectivity index (χ2v) is 4.06. The van der Waals surface area contributed by atoms with Crippen molar-refractivity contribution in [3.05, 3.63) is 30.3 Å². The minimum atomic E-state index is -0.291. The topological polar surface area (TPSA) is 32.8 Å². The van der Waals surface area contributed by atoms with Crippen molar-refractivity contribution >= 4 is 6.09 Å². The Labute approximate surface area is 103 Å². The Morgan fingerprint density at radius 2 is 1.82 bits per heavy atom. The maximum atomic E-state index is 11.8. The fourth-order valence-corrected chi connectivity index (χ4v) is 1.35. The van der Waals surface area contributed by atoms with Gasteiger partial charge in [0.05, 0.1) is 0 Å². The van der Waals surface area contributed by atoms with Crippen LogP contribution in [-0.2, 0) is 0 Å². The average molecular weight is 236 g/mol. The molecule has 0 aliphatic heterocycles. The lowest BCUT2D eigenvalue weighted by molar-refractivity contribution is 0.150. The van der Waals surface area contributed by atoms with Gasteiger partial charge in [0.25, 0.3) is 0 Å². The summed E-state index contributed by atoms with van der Waals surface area (Å²) in [5.41, 5.74) is 0. The molecule has 0 saturated carbocycles. The van der Waals surface area contributed by atoms with E-state index in [9.17, 15) is 4.79 Å². The normalized spacial score (nSPS) is 10.4. The number of hydrogen-bond acceptors (Lipinski definition) is 3. The largest absolute Gasteiger partial charge is 0.415 e. The summed E-state index contributed by atoms with van der Waals surface area (Å²) in [5, 5.41) is 0. The van der Waals surface area contributed by atoms with E-state index < -0.39 is 0 Å². The van der Waals surface area contributed by atoms with E-state index in [1.54, 1.807) is 17.0 Å². The minimum absolute atomic E-state index is 0.291. The highest BCUT2D eigenvalue weighted by Crippen LogP contribution is 2.10. The van der Waals surface area contributed by atoms with Gasteiger partial charge >= 0.3 is 6.09 Å². The number of para-hydroxylation sites is 1. The van der Waals surface area contributed by atoms with Crippen molar-refractivity contribution in [1.29, 1.82) is 0 Å². The van der Waals surface area contributed by atoms with Crippen molar-refractivity contribution in [3.8, 4) is 5.75 Å². The highest BCUT2D eigenvalue weighted by molar-refractivity contribution is 5.70. The van der Waals surface area contributed by atoms with Crippen LogP contribution in [0.5, 0.6) is 5.75 Å². The molecule has 1 aromatic rings. The molecule has 17 heavy (non-hydrogen) atoms. The number of benzene rings is 1. The Hall–Kier alpha value is -1.55. The van der Waals surface area contributed by atoms with E-state index in [1.807, 2.05) is 44.1 Å². The zero-order chi connectivity index (χ0) is 12.7. The number of nitrogens with zero attached hydrogens (tertiary/aromatic N) is 2. The van der Waals surface area contributed by atoms with Crippen molar-refractivity contribution in [1.82, 2.24) is 9.80 Å². The first-order chi connectivity index (χ1) is 8.13. The van der Waals surface area contributed by atoms with Crippen molar-refractivity contribution in [2.24, 2.45) is 0 Å². The summed E-state index contributed by atoms with van der Waals surface area (Å²) >= 11 is 0. The van der Waals surface area contributed by atoms with Gasteiger partial charge in [0.1, 0.15) is 5.75 Å². The molecule has 0 unspecified atom stereocenters. The molecular weight excluding hydrogens is 216 g/mol. The van der Waals surface area contributed by atoms with E-state index in [-0.39, 0.29) is 6.09 Å². The van der Waals surface area contributed by atoms with Gasteiger partial charge in [0.15, 0.2) is 0 Å². The van der Waals surface area contributed by atoms with E-state index in [0.29, 0.717) is 18.8 Å². The molecule has 1 aromatic carbocycles. The van der Waals surface area contributed by atoms with Crippen LogP contribution in [-0.4, -0.2) is 49.6 Å². The number of carbonyl (C=O) groups is 1. The van der Waals surface area contributed by atoms with Gasteiger partial charge in [-0.1, -0.05) is 18.2 Å². The van der Waals surface area contributed by atoms with Gasteiger partial charge in [-0.2, -0.15) is 0 Å². The fourth-order valence-electron chi connectivity index (χ4n) is 1.35. The van der Waals surface area contributed by atoms with Crippen molar-refractivity contribution in [2.75, 3.05) is 33.7 Å². The second-order valence-electron chi connectivity index (χ2n) is 4.06. The average Bonchev–Trinajstić information content (AvgIpc) is 2.30. The van der Waals surface area contributed by atoms with Gasteiger partial charge in [-0.05, 0) is 33.2 Å². The molecule has 4 heteroatoms. The van der Waals surface area contributed by atoms with Crippen molar-refractivity contribution in [2.45, 2.75) is 6.92 Å². The number of amides is 1. The highest BCUT2D eigenvalue weighted by atomic mass is 16.6. The summed E-state index contributed by atoms with van der Waals surface area (Å²) in [5.74, 6) is 0.584. The van der Waals surface area contributed by atoms with Gasteiger partial charge in [-0.25, -0.2) is 4.79 Å². The third-order valence-corrected chi connectivity index (χ3v) is 2.41. The molecule has 0 fully saturated rings. The lowest BCUT2D eigenvalue weighted by atomic mass is 10.3. The zero-order valence-electron chi connectivity index (χ0n) is 10.7. The first-order valence-corrected chi connectivity index (χ1v) is 5.80. The van der Waals surface area contributed by atoms with Crippen molar-refractivity contribution < 1.29 is 9.53 Å². The number of ether oxygens (including phenoxy) is 1. The summed E-state index contributed by atoms with van der Waals surface area (Å²) < 4.78 is 5.27. The smallest absolute Gasteiger partial charge is 0.410 e. The van der Waals surface area contributed by atoms with E-state index in [1.165, 1.54) is 0 Å². The predicted octanol–water partition coefficient (Wildman–Crippen LogP) is 2.07. The summed E-state index contributed by atoms with van der Waals surface area (Å²) in [6.45, 7) is 4.11. The third-order valence-electron chi connectivity index (χ3n) is 2.41. The van der Waals surface area contributed by atoms with Crippen LogP contribution < -0.4 is 4.74 Å². The van der Waals surface area contributed by atoms with Gasteiger partial charge in [0, 0.05) is 19.6 Å². The molecule has 1 rings (SSSR count). The molecule has 0 saturated heterocycles. The predicted molar refractivity (Wildman–Crippen MR) is 68.3 cm³/mol. The number of rotatable bonds is 5. The molecule has 0 aliphatic carbocycles. The zero-order valence-corrected chi connectivity index (χ0v) is 10.7. The SMILES string of the molecule is CCN(CCN(C)C)C(=O)Oc1ccccc1. The Morgan fingerprint density at radius 1 is 1.18 bits per heavy atom. The number of likely N-dealkylation sites (N-methyl/N-ethyl adjacent to an activating group) is 2. The summed E-state index contributed by atoms with van der Waals surface area (Å²) in [6, 6.07) is 9.13. The van der Waals surface area contributed by atoms with Gasteiger partial charge in [-0.15, -0.1) is 0 Å². The Bertz CT molecular complexity index is 339. The maximum absolute atomic E-state index is 11.8. The quantitative estimate of drug-likeness (QED) is 0.784. The summed E-state index contributed by atoms with van der Waals surface area (Å²) in [6.07, 6.45) is -0.291. The van der Waals surface area contributed by atoms with Crippen LogP contribution in [0.2, 0.25) is 0 Å². The van der Waals surface area contributed by atoms with Crippen LogP contribution in [0, 0.1) is 0 Å². The van der Waals surface area contributed by atoms with Crippen LogP contribution in [0.3, 0.4) is 0 Å². The molecular formula is C13H20N2O2. The lowest BCUT2D eigenvalue weighted by Gasteiger charge is -2.22. The molecule has 0 aliphatic rings. The molecule has 0 bridgehead atoms. The minimum Gasteiger partial charge on any atom is -0.410 e. The lowest BCUT2D eigenvalue weighted by Crippen LogP contribution is -2.38. The van der Waals surface area contributed by atoms with E-state index in [4.69, 9.17) is 4.74 Å². The molecule has 0 atom stereocenters. The molecule has 4 nitrogen and oxygen atoms in total. The molecule has 0 aromatic heterocycles.